The third-order valence-corrected chi connectivity index (χ3v) is 4.24. The first-order valence-corrected chi connectivity index (χ1v) is 7.34. The first kappa shape index (κ1) is 14.0. The van der Waals surface area contributed by atoms with E-state index >= 15 is 0 Å². The number of rotatable bonds is 4. The molecular formula is C16H18F2N2O. The molecule has 1 aromatic heterocycles. The Morgan fingerprint density at radius 3 is 2.71 bits per heavy atom. The van der Waals surface area contributed by atoms with Crippen molar-refractivity contribution in [3.63, 3.8) is 0 Å². The van der Waals surface area contributed by atoms with Gasteiger partial charge in [0.25, 0.3) is 0 Å². The van der Waals surface area contributed by atoms with Crippen LogP contribution in [0, 0.1) is 17.6 Å². The second kappa shape index (κ2) is 5.84. The van der Waals surface area contributed by atoms with Gasteiger partial charge in [-0.15, -0.1) is 0 Å². The van der Waals surface area contributed by atoms with E-state index in [1.165, 1.54) is 37.8 Å². The van der Waals surface area contributed by atoms with Crippen LogP contribution in [0.1, 0.15) is 37.9 Å². The van der Waals surface area contributed by atoms with Gasteiger partial charge in [-0.2, -0.15) is 0 Å². The van der Waals surface area contributed by atoms with Gasteiger partial charge >= 0.3 is 0 Å². The molecule has 2 N–H and O–H groups in total. The van der Waals surface area contributed by atoms with Gasteiger partial charge in [-0.25, -0.2) is 8.78 Å². The number of benzene rings is 1. The first-order chi connectivity index (χ1) is 10.1. The van der Waals surface area contributed by atoms with Crippen LogP contribution in [0.25, 0.3) is 11.1 Å². The summed E-state index contributed by atoms with van der Waals surface area (Å²) in [5.41, 5.74) is 6.51. The van der Waals surface area contributed by atoms with E-state index in [-0.39, 0.29) is 11.4 Å². The number of aromatic nitrogens is 1. The van der Waals surface area contributed by atoms with Gasteiger partial charge in [-0.1, -0.05) is 30.8 Å². The summed E-state index contributed by atoms with van der Waals surface area (Å²) in [6, 6.07) is 3.45. The van der Waals surface area contributed by atoms with E-state index in [0.29, 0.717) is 23.7 Å². The first-order valence-electron chi connectivity index (χ1n) is 7.34. The Balaban J connectivity index is 1.85. The van der Waals surface area contributed by atoms with E-state index < -0.39 is 11.6 Å². The lowest BCUT2D eigenvalue weighted by Crippen LogP contribution is -1.98. The Hall–Kier alpha value is -1.91. The molecule has 5 heteroatoms. The predicted molar refractivity (Wildman–Crippen MR) is 76.5 cm³/mol. The van der Waals surface area contributed by atoms with Gasteiger partial charge in [-0.05, 0) is 24.5 Å². The van der Waals surface area contributed by atoms with Gasteiger partial charge in [0.15, 0.2) is 5.82 Å². The minimum atomic E-state index is -0.646. The lowest BCUT2D eigenvalue weighted by molar-refractivity contribution is 0.370. The molecule has 1 saturated carbocycles. The van der Waals surface area contributed by atoms with E-state index in [0.717, 1.165) is 12.5 Å². The molecular weight excluding hydrogens is 274 g/mol. The largest absolute Gasteiger partial charge is 0.380 e. The second-order valence-electron chi connectivity index (χ2n) is 5.68. The Morgan fingerprint density at radius 1 is 1.24 bits per heavy atom. The fourth-order valence-electron chi connectivity index (χ4n) is 3.12. The number of hydrogen-bond donors (Lipinski definition) is 1. The fourth-order valence-corrected chi connectivity index (χ4v) is 3.12. The zero-order chi connectivity index (χ0) is 14.8. The van der Waals surface area contributed by atoms with Crippen molar-refractivity contribution in [2.45, 2.75) is 38.5 Å². The molecule has 0 radical (unpaired) electrons. The molecule has 0 unspecified atom stereocenters. The van der Waals surface area contributed by atoms with Crippen molar-refractivity contribution in [3.8, 4) is 11.1 Å². The number of nitrogens with zero attached hydrogens (tertiary/aromatic N) is 1. The highest BCUT2D eigenvalue weighted by molar-refractivity contribution is 5.75. The average Bonchev–Trinajstić information content (AvgIpc) is 3.07. The summed E-state index contributed by atoms with van der Waals surface area (Å²) in [6.07, 6.45) is 6.71. The van der Waals surface area contributed by atoms with Crippen LogP contribution < -0.4 is 5.73 Å². The van der Waals surface area contributed by atoms with Crippen LogP contribution in [0.2, 0.25) is 0 Å². The molecule has 0 spiro atoms. The maximum absolute atomic E-state index is 13.9. The minimum absolute atomic E-state index is 0.155. The number of halogens is 2. The predicted octanol–water partition coefficient (Wildman–Crippen LogP) is 4.32. The molecule has 1 aliphatic rings. The van der Waals surface area contributed by atoms with Crippen molar-refractivity contribution in [1.82, 2.24) is 5.16 Å². The quantitative estimate of drug-likeness (QED) is 0.912. The number of aryl methyl sites for hydroxylation is 1. The fraction of sp³-hybridized carbons (Fsp3) is 0.438. The van der Waals surface area contributed by atoms with Crippen LogP contribution in [0.3, 0.4) is 0 Å². The summed E-state index contributed by atoms with van der Waals surface area (Å²) in [5, 5.41) is 3.74. The summed E-state index contributed by atoms with van der Waals surface area (Å²) >= 11 is 0. The van der Waals surface area contributed by atoms with Gasteiger partial charge < -0.3 is 10.3 Å². The van der Waals surface area contributed by atoms with Crippen LogP contribution in [-0.4, -0.2) is 5.16 Å². The molecule has 0 amide bonds. The van der Waals surface area contributed by atoms with Crippen LogP contribution in [0.4, 0.5) is 14.6 Å². The molecule has 3 rings (SSSR count). The lowest BCUT2D eigenvalue weighted by atomic mass is 9.97. The molecule has 21 heavy (non-hydrogen) atoms. The zero-order valence-corrected chi connectivity index (χ0v) is 11.7. The molecule has 0 bridgehead atoms. The lowest BCUT2D eigenvalue weighted by Gasteiger charge is -2.08. The van der Waals surface area contributed by atoms with Gasteiger partial charge in [0.1, 0.15) is 17.4 Å². The maximum Gasteiger partial charge on any atom is 0.175 e. The van der Waals surface area contributed by atoms with E-state index in [9.17, 15) is 8.78 Å². The highest BCUT2D eigenvalue weighted by Crippen LogP contribution is 2.35. The van der Waals surface area contributed by atoms with Crippen LogP contribution >= 0.6 is 0 Å². The monoisotopic (exact) mass is 292 g/mol. The van der Waals surface area contributed by atoms with E-state index in [2.05, 4.69) is 5.16 Å². The number of anilines is 1. The molecule has 1 fully saturated rings. The Kier molecular flexibility index (Phi) is 3.90. The molecule has 2 aromatic rings. The number of nitrogen functional groups attached to an aromatic ring is 1. The van der Waals surface area contributed by atoms with Crippen molar-refractivity contribution in [2.24, 2.45) is 5.92 Å². The molecule has 112 valence electrons. The normalized spacial score (nSPS) is 15.7. The summed E-state index contributed by atoms with van der Waals surface area (Å²) in [6.45, 7) is 0. The molecule has 0 aliphatic heterocycles. The highest BCUT2D eigenvalue weighted by Gasteiger charge is 2.21. The van der Waals surface area contributed by atoms with E-state index in [4.69, 9.17) is 10.3 Å². The zero-order valence-electron chi connectivity index (χ0n) is 11.7. The Labute approximate surface area is 122 Å². The average molecular weight is 292 g/mol. The van der Waals surface area contributed by atoms with Gasteiger partial charge in [0.2, 0.25) is 0 Å². The van der Waals surface area contributed by atoms with E-state index in [1.807, 2.05) is 0 Å². The van der Waals surface area contributed by atoms with Crippen LogP contribution in [-0.2, 0) is 6.42 Å². The molecule has 1 aliphatic carbocycles. The molecule has 0 atom stereocenters. The standard InChI is InChI=1S/C16H18F2N2O/c17-11-6-7-12(13(18)9-11)15-14(21-20-16(15)19)8-5-10-3-1-2-4-10/h6-7,9-10H,1-5,8H2,(H2,19,20). The summed E-state index contributed by atoms with van der Waals surface area (Å²) in [7, 11) is 0. The van der Waals surface area contributed by atoms with Crippen molar-refractivity contribution < 1.29 is 13.3 Å². The van der Waals surface area contributed by atoms with Crippen molar-refractivity contribution >= 4 is 5.82 Å². The van der Waals surface area contributed by atoms with Gasteiger partial charge in [0.05, 0.1) is 5.56 Å². The molecule has 0 saturated heterocycles. The third-order valence-electron chi connectivity index (χ3n) is 4.24. The van der Waals surface area contributed by atoms with Gasteiger partial charge in [0, 0.05) is 18.1 Å². The highest BCUT2D eigenvalue weighted by atomic mass is 19.1. The number of nitrogens with two attached hydrogens (primary N) is 1. The molecule has 1 aromatic carbocycles. The Bertz CT molecular complexity index is 633. The maximum atomic E-state index is 13.9. The van der Waals surface area contributed by atoms with Crippen LogP contribution in [0.5, 0.6) is 0 Å². The van der Waals surface area contributed by atoms with Crippen molar-refractivity contribution in [1.29, 1.82) is 0 Å². The van der Waals surface area contributed by atoms with E-state index in [1.54, 1.807) is 0 Å². The minimum Gasteiger partial charge on any atom is -0.380 e. The second-order valence-corrected chi connectivity index (χ2v) is 5.68. The van der Waals surface area contributed by atoms with Gasteiger partial charge in [-0.3, -0.25) is 0 Å². The smallest absolute Gasteiger partial charge is 0.175 e. The van der Waals surface area contributed by atoms with Crippen LogP contribution in [0.15, 0.2) is 22.7 Å². The SMILES string of the molecule is Nc1noc(CCC2CCCC2)c1-c1ccc(F)cc1F. The summed E-state index contributed by atoms with van der Waals surface area (Å²) in [5.74, 6) is 0.180. The number of hydrogen-bond acceptors (Lipinski definition) is 3. The molecule has 1 heterocycles. The van der Waals surface area contributed by atoms with Crippen molar-refractivity contribution in [2.75, 3.05) is 5.73 Å². The third kappa shape index (κ3) is 2.91. The topological polar surface area (TPSA) is 52.0 Å². The molecule has 3 nitrogen and oxygen atoms in total. The summed E-state index contributed by atoms with van der Waals surface area (Å²) in [4.78, 5) is 0. The van der Waals surface area contributed by atoms with Crippen molar-refractivity contribution in [3.05, 3.63) is 35.6 Å². The Morgan fingerprint density at radius 2 is 2.00 bits per heavy atom. The summed E-state index contributed by atoms with van der Waals surface area (Å²) < 4.78 is 32.2.